The molecular formula is C11H15ClN2O2. The van der Waals surface area contributed by atoms with Crippen molar-refractivity contribution >= 4 is 23.0 Å². The van der Waals surface area contributed by atoms with E-state index in [-0.39, 0.29) is 5.69 Å². The van der Waals surface area contributed by atoms with Gasteiger partial charge in [0.25, 0.3) is 5.69 Å². The molecule has 0 fully saturated rings. The summed E-state index contributed by atoms with van der Waals surface area (Å²) >= 11 is 5.59. The lowest BCUT2D eigenvalue weighted by Gasteiger charge is -2.18. The second-order valence-corrected chi connectivity index (χ2v) is 3.97. The van der Waals surface area contributed by atoms with Gasteiger partial charge in [0.05, 0.1) is 4.92 Å². The Morgan fingerprint density at radius 1 is 1.31 bits per heavy atom. The van der Waals surface area contributed by atoms with E-state index in [1.807, 2.05) is 7.05 Å². The molecule has 4 nitrogen and oxygen atoms in total. The fourth-order valence-electron chi connectivity index (χ4n) is 1.40. The second kappa shape index (κ2) is 6.33. The highest BCUT2D eigenvalue weighted by atomic mass is 35.5. The van der Waals surface area contributed by atoms with Crippen LogP contribution >= 0.6 is 11.6 Å². The van der Waals surface area contributed by atoms with E-state index in [0.29, 0.717) is 5.88 Å². The van der Waals surface area contributed by atoms with E-state index in [4.69, 9.17) is 11.6 Å². The number of anilines is 1. The van der Waals surface area contributed by atoms with Crippen LogP contribution < -0.4 is 4.90 Å². The predicted octanol–water partition coefficient (Wildman–Crippen LogP) is 3.05. The summed E-state index contributed by atoms with van der Waals surface area (Å²) in [4.78, 5) is 12.1. The highest BCUT2D eigenvalue weighted by Gasteiger charge is 2.05. The molecule has 0 saturated carbocycles. The van der Waals surface area contributed by atoms with E-state index in [1.165, 1.54) is 12.1 Å². The monoisotopic (exact) mass is 242 g/mol. The Balaban J connectivity index is 2.56. The first-order valence-electron chi connectivity index (χ1n) is 5.16. The minimum Gasteiger partial charge on any atom is -0.375 e. The van der Waals surface area contributed by atoms with Crippen molar-refractivity contribution in [1.82, 2.24) is 0 Å². The SMILES string of the molecule is CN(CCCCCl)c1ccc([N+](=O)[O-])cc1. The number of rotatable bonds is 6. The second-order valence-electron chi connectivity index (χ2n) is 3.59. The summed E-state index contributed by atoms with van der Waals surface area (Å²) in [6, 6.07) is 6.57. The molecule has 0 atom stereocenters. The molecule has 0 unspecified atom stereocenters. The first-order chi connectivity index (χ1) is 7.65. The summed E-state index contributed by atoms with van der Waals surface area (Å²) in [6.07, 6.45) is 2.01. The van der Waals surface area contributed by atoms with Gasteiger partial charge in [-0.1, -0.05) is 0 Å². The van der Waals surface area contributed by atoms with Crippen molar-refractivity contribution in [3.05, 3.63) is 34.4 Å². The molecule has 0 aliphatic heterocycles. The first-order valence-corrected chi connectivity index (χ1v) is 5.70. The molecule has 1 aromatic carbocycles. The Morgan fingerprint density at radius 2 is 1.94 bits per heavy atom. The zero-order chi connectivity index (χ0) is 12.0. The van der Waals surface area contributed by atoms with Gasteiger partial charge in [-0.05, 0) is 25.0 Å². The van der Waals surface area contributed by atoms with Crippen LogP contribution in [0.15, 0.2) is 24.3 Å². The van der Waals surface area contributed by atoms with Crippen LogP contribution in [0.4, 0.5) is 11.4 Å². The van der Waals surface area contributed by atoms with Crippen LogP contribution in [0, 0.1) is 10.1 Å². The van der Waals surface area contributed by atoms with Crippen molar-refractivity contribution in [1.29, 1.82) is 0 Å². The number of hydrogen-bond donors (Lipinski definition) is 0. The normalized spacial score (nSPS) is 10.1. The molecule has 0 bridgehead atoms. The minimum atomic E-state index is -0.392. The van der Waals surface area contributed by atoms with Crippen molar-refractivity contribution in [2.24, 2.45) is 0 Å². The van der Waals surface area contributed by atoms with Crippen LogP contribution in [0.2, 0.25) is 0 Å². The van der Waals surface area contributed by atoms with Gasteiger partial charge in [-0.15, -0.1) is 11.6 Å². The highest BCUT2D eigenvalue weighted by molar-refractivity contribution is 6.17. The zero-order valence-corrected chi connectivity index (χ0v) is 9.98. The Bertz CT molecular complexity index is 340. The van der Waals surface area contributed by atoms with Gasteiger partial charge in [0.1, 0.15) is 0 Å². The van der Waals surface area contributed by atoms with Gasteiger partial charge in [-0.2, -0.15) is 0 Å². The molecule has 0 amide bonds. The van der Waals surface area contributed by atoms with Gasteiger partial charge in [0, 0.05) is 37.3 Å². The summed E-state index contributed by atoms with van der Waals surface area (Å²) in [5.41, 5.74) is 1.11. The minimum absolute atomic E-state index is 0.123. The summed E-state index contributed by atoms with van der Waals surface area (Å²) in [5, 5.41) is 10.5. The van der Waals surface area contributed by atoms with E-state index in [9.17, 15) is 10.1 Å². The third kappa shape index (κ3) is 3.70. The molecule has 5 heteroatoms. The Kier molecular flexibility index (Phi) is 5.05. The van der Waals surface area contributed by atoms with Gasteiger partial charge in [-0.25, -0.2) is 0 Å². The number of nitrogens with zero attached hydrogens (tertiary/aromatic N) is 2. The van der Waals surface area contributed by atoms with Gasteiger partial charge in [-0.3, -0.25) is 10.1 Å². The highest BCUT2D eigenvalue weighted by Crippen LogP contribution is 2.18. The van der Waals surface area contributed by atoms with Crippen LogP contribution in [0.5, 0.6) is 0 Å². The lowest BCUT2D eigenvalue weighted by molar-refractivity contribution is -0.384. The molecule has 16 heavy (non-hydrogen) atoms. The van der Waals surface area contributed by atoms with E-state index >= 15 is 0 Å². The first kappa shape index (κ1) is 12.8. The molecule has 0 N–H and O–H groups in total. The maximum Gasteiger partial charge on any atom is 0.269 e. The third-order valence-electron chi connectivity index (χ3n) is 2.38. The molecule has 1 rings (SSSR count). The topological polar surface area (TPSA) is 46.4 Å². The summed E-state index contributed by atoms with van der Waals surface area (Å²) in [7, 11) is 1.97. The average Bonchev–Trinajstić information content (AvgIpc) is 2.29. The molecular weight excluding hydrogens is 228 g/mol. The van der Waals surface area contributed by atoms with Crippen LogP contribution in [0.1, 0.15) is 12.8 Å². The number of nitro benzene ring substituents is 1. The van der Waals surface area contributed by atoms with E-state index in [0.717, 1.165) is 25.1 Å². The van der Waals surface area contributed by atoms with E-state index < -0.39 is 4.92 Å². The van der Waals surface area contributed by atoms with Crippen molar-refractivity contribution < 1.29 is 4.92 Å². The molecule has 0 aliphatic carbocycles. The van der Waals surface area contributed by atoms with Gasteiger partial charge < -0.3 is 4.90 Å². The number of unbranched alkanes of at least 4 members (excludes halogenated alkanes) is 1. The fraction of sp³-hybridized carbons (Fsp3) is 0.455. The number of non-ortho nitro benzene ring substituents is 1. The number of alkyl halides is 1. The van der Waals surface area contributed by atoms with Crippen molar-refractivity contribution in [2.45, 2.75) is 12.8 Å². The van der Waals surface area contributed by atoms with Crippen molar-refractivity contribution in [3.63, 3.8) is 0 Å². The van der Waals surface area contributed by atoms with Crippen molar-refractivity contribution in [2.75, 3.05) is 24.4 Å². The van der Waals surface area contributed by atoms with E-state index in [2.05, 4.69) is 4.90 Å². The summed E-state index contributed by atoms with van der Waals surface area (Å²) in [5.74, 6) is 0.675. The molecule has 0 radical (unpaired) electrons. The molecule has 0 saturated heterocycles. The Hall–Kier alpha value is -1.29. The Labute approximate surface area is 100.0 Å². The zero-order valence-electron chi connectivity index (χ0n) is 9.23. The molecule has 0 aliphatic rings. The predicted molar refractivity (Wildman–Crippen MR) is 66.3 cm³/mol. The largest absolute Gasteiger partial charge is 0.375 e. The van der Waals surface area contributed by atoms with Crippen molar-refractivity contribution in [3.8, 4) is 0 Å². The lowest BCUT2D eigenvalue weighted by Crippen LogP contribution is -2.18. The standard InChI is InChI=1S/C11H15ClN2O2/c1-13(9-3-2-8-12)10-4-6-11(7-5-10)14(15)16/h4-7H,2-3,8-9H2,1H3. The molecule has 1 aromatic rings. The number of halogens is 1. The average molecular weight is 243 g/mol. The fourth-order valence-corrected chi connectivity index (χ4v) is 1.59. The maximum absolute atomic E-state index is 10.5. The number of benzene rings is 1. The third-order valence-corrected chi connectivity index (χ3v) is 2.65. The van der Waals surface area contributed by atoms with Gasteiger partial charge in [0.15, 0.2) is 0 Å². The summed E-state index contributed by atoms with van der Waals surface area (Å²) in [6.45, 7) is 0.907. The van der Waals surface area contributed by atoms with Crippen LogP contribution in [0.3, 0.4) is 0 Å². The molecule has 0 aromatic heterocycles. The lowest BCUT2D eigenvalue weighted by atomic mass is 10.2. The smallest absolute Gasteiger partial charge is 0.269 e. The Morgan fingerprint density at radius 3 is 2.44 bits per heavy atom. The molecule has 0 heterocycles. The van der Waals surface area contributed by atoms with Crippen LogP contribution in [-0.2, 0) is 0 Å². The van der Waals surface area contributed by atoms with Crippen LogP contribution in [-0.4, -0.2) is 24.4 Å². The molecule has 0 spiro atoms. The van der Waals surface area contributed by atoms with Gasteiger partial charge >= 0.3 is 0 Å². The maximum atomic E-state index is 10.5. The van der Waals surface area contributed by atoms with Gasteiger partial charge in [0.2, 0.25) is 0 Å². The summed E-state index contributed by atoms with van der Waals surface area (Å²) < 4.78 is 0. The van der Waals surface area contributed by atoms with E-state index in [1.54, 1.807) is 12.1 Å². The number of hydrogen-bond acceptors (Lipinski definition) is 3. The molecule has 88 valence electrons. The quantitative estimate of drug-likeness (QED) is 0.333. The number of nitro groups is 1. The van der Waals surface area contributed by atoms with Crippen LogP contribution in [0.25, 0.3) is 0 Å².